The maximum absolute atomic E-state index is 5.71. The molecule has 1 fully saturated rings. The summed E-state index contributed by atoms with van der Waals surface area (Å²) >= 11 is 0. The summed E-state index contributed by atoms with van der Waals surface area (Å²) in [6.07, 6.45) is 3.86. The maximum atomic E-state index is 5.71. The average Bonchev–Trinajstić information content (AvgIpc) is 2.15. The smallest absolute Gasteiger partial charge is 0.0107 e. The van der Waals surface area contributed by atoms with Crippen molar-refractivity contribution in [3.05, 3.63) is 0 Å². The Morgan fingerprint density at radius 3 is 2.80 bits per heavy atom. The Morgan fingerprint density at radius 2 is 2.40 bits per heavy atom. The van der Waals surface area contributed by atoms with E-state index in [2.05, 4.69) is 18.9 Å². The van der Waals surface area contributed by atoms with Gasteiger partial charge in [-0.15, -0.1) is 0 Å². The predicted molar refractivity (Wildman–Crippen MR) is 43.9 cm³/mol. The molecule has 10 heavy (non-hydrogen) atoms. The first kappa shape index (κ1) is 8.02. The van der Waals surface area contributed by atoms with Crippen molar-refractivity contribution in [3.63, 3.8) is 0 Å². The number of nitrogens with zero attached hydrogens (tertiary/aromatic N) is 1. The van der Waals surface area contributed by atoms with Gasteiger partial charge in [0, 0.05) is 12.1 Å². The van der Waals surface area contributed by atoms with Gasteiger partial charge in [-0.3, -0.25) is 0 Å². The molecule has 2 N–H and O–H groups in total. The van der Waals surface area contributed by atoms with Crippen LogP contribution in [0.2, 0.25) is 0 Å². The van der Waals surface area contributed by atoms with E-state index in [4.69, 9.17) is 5.73 Å². The van der Waals surface area contributed by atoms with E-state index in [-0.39, 0.29) is 0 Å². The van der Waals surface area contributed by atoms with Gasteiger partial charge in [0.05, 0.1) is 0 Å². The van der Waals surface area contributed by atoms with Crippen LogP contribution in [0.15, 0.2) is 0 Å². The average molecular weight is 142 g/mol. The highest BCUT2D eigenvalue weighted by Gasteiger charge is 2.21. The number of hydrogen-bond acceptors (Lipinski definition) is 2. The lowest BCUT2D eigenvalue weighted by Crippen LogP contribution is -2.31. The van der Waals surface area contributed by atoms with Crippen molar-refractivity contribution in [2.75, 3.05) is 13.6 Å². The second-order valence-corrected chi connectivity index (χ2v) is 3.49. The number of hydrogen-bond donors (Lipinski definition) is 1. The lowest BCUT2D eigenvalue weighted by Gasteiger charge is -2.20. The second-order valence-electron chi connectivity index (χ2n) is 3.49. The molecule has 1 heterocycles. The van der Waals surface area contributed by atoms with E-state index in [0.717, 1.165) is 12.5 Å². The molecule has 1 rings (SSSR count). The Bertz CT molecular complexity index is 101. The van der Waals surface area contributed by atoms with Gasteiger partial charge in [-0.05, 0) is 39.8 Å². The Labute approximate surface area is 63.4 Å². The van der Waals surface area contributed by atoms with Gasteiger partial charge in [-0.25, -0.2) is 0 Å². The van der Waals surface area contributed by atoms with Gasteiger partial charge in [0.15, 0.2) is 0 Å². The summed E-state index contributed by atoms with van der Waals surface area (Å²) in [6, 6.07) is 1.13. The zero-order valence-electron chi connectivity index (χ0n) is 7.01. The standard InChI is InChI=1S/C8H18N2/c1-7(9)6-8-4-3-5-10(8)2/h7-8H,3-6,9H2,1-2H3/t7-,8-/m1/s1. The molecule has 0 aliphatic carbocycles. The Hall–Kier alpha value is -0.0800. The van der Waals surface area contributed by atoms with Gasteiger partial charge in [-0.2, -0.15) is 0 Å². The molecule has 0 radical (unpaired) electrons. The van der Waals surface area contributed by atoms with Gasteiger partial charge >= 0.3 is 0 Å². The van der Waals surface area contributed by atoms with E-state index in [1.165, 1.54) is 19.4 Å². The SMILES string of the molecule is C[C@@H](N)C[C@H]1CCCN1C. The topological polar surface area (TPSA) is 29.3 Å². The Kier molecular flexibility index (Phi) is 2.69. The minimum absolute atomic E-state index is 0.366. The van der Waals surface area contributed by atoms with E-state index in [0.29, 0.717) is 6.04 Å². The van der Waals surface area contributed by atoms with Gasteiger partial charge in [0.1, 0.15) is 0 Å². The molecule has 60 valence electrons. The van der Waals surface area contributed by atoms with Gasteiger partial charge in [0.2, 0.25) is 0 Å². The van der Waals surface area contributed by atoms with Crippen LogP contribution >= 0.6 is 0 Å². The second kappa shape index (κ2) is 3.35. The van der Waals surface area contributed by atoms with Crippen LogP contribution in [0, 0.1) is 0 Å². The Balaban J connectivity index is 2.26. The molecule has 0 aromatic carbocycles. The van der Waals surface area contributed by atoms with Crippen LogP contribution in [-0.4, -0.2) is 30.6 Å². The zero-order chi connectivity index (χ0) is 7.56. The first-order chi connectivity index (χ1) is 4.70. The minimum Gasteiger partial charge on any atom is -0.328 e. The molecule has 0 saturated carbocycles. The van der Waals surface area contributed by atoms with E-state index in [9.17, 15) is 0 Å². The largest absolute Gasteiger partial charge is 0.328 e. The number of rotatable bonds is 2. The van der Waals surface area contributed by atoms with Crippen LogP contribution < -0.4 is 5.73 Å². The molecule has 2 heteroatoms. The summed E-state index contributed by atoms with van der Waals surface area (Å²) in [4.78, 5) is 2.42. The van der Waals surface area contributed by atoms with Gasteiger partial charge in [-0.1, -0.05) is 0 Å². The quantitative estimate of drug-likeness (QED) is 0.618. The third-order valence-corrected chi connectivity index (χ3v) is 2.32. The first-order valence-electron chi connectivity index (χ1n) is 4.16. The summed E-state index contributed by atoms with van der Waals surface area (Å²) < 4.78 is 0. The zero-order valence-corrected chi connectivity index (χ0v) is 7.01. The monoisotopic (exact) mass is 142 g/mol. The van der Waals surface area contributed by atoms with Crippen molar-refractivity contribution in [2.45, 2.75) is 38.3 Å². The van der Waals surface area contributed by atoms with Crippen LogP contribution in [0.5, 0.6) is 0 Å². The molecule has 0 aromatic rings. The summed E-state index contributed by atoms with van der Waals surface area (Å²) in [5.41, 5.74) is 5.71. The molecule has 0 amide bonds. The maximum Gasteiger partial charge on any atom is 0.0107 e. The normalized spacial score (nSPS) is 30.9. The molecule has 1 aliphatic rings. The lowest BCUT2D eigenvalue weighted by molar-refractivity contribution is 0.285. The van der Waals surface area contributed by atoms with Crippen LogP contribution in [0.3, 0.4) is 0 Å². The summed E-state index contributed by atoms with van der Waals surface area (Å²) in [6.45, 7) is 3.35. The van der Waals surface area contributed by atoms with Crippen molar-refractivity contribution in [2.24, 2.45) is 5.73 Å². The highest BCUT2D eigenvalue weighted by atomic mass is 15.1. The molecule has 2 atom stereocenters. The minimum atomic E-state index is 0.366. The molecule has 0 unspecified atom stereocenters. The molecule has 1 aliphatic heterocycles. The third-order valence-electron chi connectivity index (χ3n) is 2.32. The van der Waals surface area contributed by atoms with Crippen LogP contribution in [-0.2, 0) is 0 Å². The van der Waals surface area contributed by atoms with Crippen molar-refractivity contribution >= 4 is 0 Å². The fraction of sp³-hybridized carbons (Fsp3) is 1.00. The van der Waals surface area contributed by atoms with Crippen molar-refractivity contribution in [3.8, 4) is 0 Å². The molecule has 2 nitrogen and oxygen atoms in total. The van der Waals surface area contributed by atoms with Crippen molar-refractivity contribution in [1.29, 1.82) is 0 Å². The fourth-order valence-electron chi connectivity index (χ4n) is 1.71. The first-order valence-corrected chi connectivity index (χ1v) is 4.16. The van der Waals surface area contributed by atoms with Crippen LogP contribution in [0.1, 0.15) is 26.2 Å². The summed E-state index contributed by atoms with van der Waals surface area (Å²) in [7, 11) is 2.19. The molecule has 0 spiro atoms. The van der Waals surface area contributed by atoms with Crippen LogP contribution in [0.4, 0.5) is 0 Å². The third kappa shape index (κ3) is 1.96. The van der Waals surface area contributed by atoms with Crippen molar-refractivity contribution in [1.82, 2.24) is 4.90 Å². The van der Waals surface area contributed by atoms with Crippen LogP contribution in [0.25, 0.3) is 0 Å². The predicted octanol–water partition coefficient (Wildman–Crippen LogP) is 0.818. The molecular formula is C8H18N2. The molecule has 1 saturated heterocycles. The molecular weight excluding hydrogens is 124 g/mol. The molecule has 0 bridgehead atoms. The van der Waals surface area contributed by atoms with Gasteiger partial charge < -0.3 is 10.6 Å². The highest BCUT2D eigenvalue weighted by Crippen LogP contribution is 2.18. The Morgan fingerprint density at radius 1 is 1.70 bits per heavy atom. The van der Waals surface area contributed by atoms with E-state index < -0.39 is 0 Å². The van der Waals surface area contributed by atoms with Gasteiger partial charge in [0.25, 0.3) is 0 Å². The molecule has 0 aromatic heterocycles. The van der Waals surface area contributed by atoms with E-state index in [1.807, 2.05) is 0 Å². The van der Waals surface area contributed by atoms with E-state index in [1.54, 1.807) is 0 Å². The fourth-order valence-corrected chi connectivity index (χ4v) is 1.71. The van der Waals surface area contributed by atoms with Crippen molar-refractivity contribution < 1.29 is 0 Å². The summed E-state index contributed by atoms with van der Waals surface area (Å²) in [5.74, 6) is 0. The number of likely N-dealkylation sites (tertiary alicyclic amines) is 1. The lowest BCUT2D eigenvalue weighted by atomic mass is 10.1. The number of nitrogens with two attached hydrogens (primary N) is 1. The van der Waals surface area contributed by atoms with E-state index >= 15 is 0 Å². The highest BCUT2D eigenvalue weighted by molar-refractivity contribution is 4.78. The summed E-state index contributed by atoms with van der Waals surface area (Å²) in [5, 5.41) is 0.